The van der Waals surface area contributed by atoms with Crippen molar-refractivity contribution in [3.63, 3.8) is 0 Å². The second-order valence-electron chi connectivity index (χ2n) is 6.96. The molecule has 1 amide bonds. The summed E-state index contributed by atoms with van der Waals surface area (Å²) in [6.07, 6.45) is 1.52. The van der Waals surface area contributed by atoms with E-state index in [0.717, 1.165) is 6.07 Å². The molecule has 162 valence electrons. The van der Waals surface area contributed by atoms with Gasteiger partial charge in [0.1, 0.15) is 22.8 Å². The molecule has 4 aromatic rings. The third-order valence-corrected chi connectivity index (χ3v) is 5.49. The molecule has 2 N–H and O–H groups in total. The van der Waals surface area contributed by atoms with E-state index in [2.05, 4.69) is 10.3 Å². The first-order valence-electron chi connectivity index (χ1n) is 9.62. The van der Waals surface area contributed by atoms with Crippen LogP contribution in [0.1, 0.15) is 17.2 Å². The first kappa shape index (κ1) is 21.9. The molecule has 0 saturated carbocycles. The van der Waals surface area contributed by atoms with E-state index in [-0.39, 0.29) is 28.5 Å². The number of phenolic OH excluding ortho intramolecular Hbond substituents is 1. The van der Waals surface area contributed by atoms with Crippen LogP contribution < -0.4 is 10.1 Å². The van der Waals surface area contributed by atoms with E-state index in [4.69, 9.17) is 27.9 Å². The zero-order chi connectivity index (χ0) is 22.7. The van der Waals surface area contributed by atoms with Gasteiger partial charge in [0.2, 0.25) is 0 Å². The van der Waals surface area contributed by atoms with Gasteiger partial charge in [-0.1, -0.05) is 47.5 Å². The largest absolute Gasteiger partial charge is 0.505 e. The van der Waals surface area contributed by atoms with Crippen LogP contribution in [-0.4, -0.2) is 22.6 Å². The van der Waals surface area contributed by atoms with E-state index in [1.165, 1.54) is 24.4 Å². The van der Waals surface area contributed by atoms with Crippen molar-refractivity contribution in [1.82, 2.24) is 10.3 Å². The Labute approximate surface area is 193 Å². The summed E-state index contributed by atoms with van der Waals surface area (Å²) < 4.78 is 19.2. The fourth-order valence-corrected chi connectivity index (χ4v) is 3.90. The number of carbonyl (C=O) groups is 1. The minimum absolute atomic E-state index is 0.0796. The van der Waals surface area contributed by atoms with Gasteiger partial charge in [-0.25, -0.2) is 4.39 Å². The zero-order valence-corrected chi connectivity index (χ0v) is 18.1. The molecule has 1 heterocycles. The molecule has 0 spiro atoms. The maximum absolute atomic E-state index is 13.7. The maximum Gasteiger partial charge on any atom is 0.258 e. The third kappa shape index (κ3) is 4.61. The van der Waals surface area contributed by atoms with Crippen LogP contribution in [0, 0.1) is 5.82 Å². The number of hydrogen-bond donors (Lipinski definition) is 2. The Kier molecular flexibility index (Phi) is 6.44. The Bertz CT molecular complexity index is 1290. The molecule has 5 nitrogen and oxygen atoms in total. The van der Waals surface area contributed by atoms with Crippen LogP contribution >= 0.6 is 23.2 Å². The van der Waals surface area contributed by atoms with Crippen molar-refractivity contribution >= 4 is 40.0 Å². The average Bonchev–Trinajstić information content (AvgIpc) is 2.80. The number of halogens is 3. The van der Waals surface area contributed by atoms with E-state index in [0.29, 0.717) is 21.7 Å². The van der Waals surface area contributed by atoms with Crippen LogP contribution in [-0.2, 0) is 4.79 Å². The van der Waals surface area contributed by atoms with Gasteiger partial charge in [-0.05, 0) is 48.0 Å². The van der Waals surface area contributed by atoms with Crippen molar-refractivity contribution in [1.29, 1.82) is 0 Å². The molecule has 0 radical (unpaired) electrons. The third-order valence-electron chi connectivity index (χ3n) is 4.85. The van der Waals surface area contributed by atoms with Gasteiger partial charge in [0.05, 0.1) is 11.1 Å². The van der Waals surface area contributed by atoms with Crippen LogP contribution in [0.25, 0.3) is 10.9 Å². The molecule has 0 aliphatic rings. The van der Waals surface area contributed by atoms with Crippen molar-refractivity contribution in [2.45, 2.75) is 6.04 Å². The minimum atomic E-state index is -0.932. The highest BCUT2D eigenvalue weighted by atomic mass is 35.5. The van der Waals surface area contributed by atoms with Crippen molar-refractivity contribution in [3.05, 3.63) is 99.9 Å². The summed E-state index contributed by atoms with van der Waals surface area (Å²) in [5.41, 5.74) is 0.915. The van der Waals surface area contributed by atoms with Crippen LogP contribution in [0.2, 0.25) is 10.0 Å². The van der Waals surface area contributed by atoms with Crippen molar-refractivity contribution in [3.8, 4) is 11.5 Å². The molecule has 0 aliphatic carbocycles. The smallest absolute Gasteiger partial charge is 0.258 e. The lowest BCUT2D eigenvalue weighted by Crippen LogP contribution is -2.33. The predicted octanol–water partition coefficient (Wildman–Crippen LogP) is 5.67. The minimum Gasteiger partial charge on any atom is -0.505 e. The Balaban J connectivity index is 1.72. The van der Waals surface area contributed by atoms with Gasteiger partial charge in [0.15, 0.2) is 6.61 Å². The van der Waals surface area contributed by atoms with Crippen LogP contribution in [0.5, 0.6) is 11.5 Å². The number of aromatic hydroxyl groups is 1. The van der Waals surface area contributed by atoms with E-state index in [1.807, 2.05) is 6.07 Å². The van der Waals surface area contributed by atoms with Gasteiger partial charge in [-0.2, -0.15) is 0 Å². The molecule has 3 aromatic carbocycles. The number of benzene rings is 3. The molecule has 8 heteroatoms. The molecular weight excluding hydrogens is 454 g/mol. The topological polar surface area (TPSA) is 71.5 Å². The lowest BCUT2D eigenvalue weighted by molar-refractivity contribution is -0.123. The molecule has 32 heavy (non-hydrogen) atoms. The van der Waals surface area contributed by atoms with Gasteiger partial charge >= 0.3 is 0 Å². The van der Waals surface area contributed by atoms with Gasteiger partial charge in [-0.3, -0.25) is 9.78 Å². The predicted molar refractivity (Wildman–Crippen MR) is 122 cm³/mol. The fraction of sp³-hybridized carbons (Fsp3) is 0.0833. The maximum atomic E-state index is 13.7. The first-order chi connectivity index (χ1) is 15.4. The number of rotatable bonds is 6. The average molecular weight is 471 g/mol. The molecule has 1 unspecified atom stereocenters. The molecule has 0 bridgehead atoms. The highest BCUT2D eigenvalue weighted by Gasteiger charge is 2.25. The number of fused-ring (bicyclic) bond motifs is 1. The quantitative estimate of drug-likeness (QED) is 0.380. The van der Waals surface area contributed by atoms with Crippen molar-refractivity contribution in [2.75, 3.05) is 6.61 Å². The van der Waals surface area contributed by atoms with Gasteiger partial charge in [0, 0.05) is 22.2 Å². The number of nitrogens with zero attached hydrogens (tertiary/aromatic N) is 1. The highest BCUT2D eigenvalue weighted by Crippen LogP contribution is 2.40. The summed E-state index contributed by atoms with van der Waals surface area (Å²) in [5.74, 6) is -0.644. The monoisotopic (exact) mass is 470 g/mol. The number of aromatic nitrogens is 1. The molecule has 0 saturated heterocycles. The van der Waals surface area contributed by atoms with E-state index in [1.54, 1.807) is 36.4 Å². The lowest BCUT2D eigenvalue weighted by Gasteiger charge is -2.23. The second kappa shape index (κ2) is 9.42. The van der Waals surface area contributed by atoms with Gasteiger partial charge < -0.3 is 15.2 Å². The molecule has 0 fully saturated rings. The molecule has 0 aliphatic heterocycles. The standard InChI is InChI=1S/C24H17Cl2FN2O3/c25-19-11-14(27)8-9-17(19)22(29-21(30)13-32-15-5-2-1-3-6-15)18-12-20(26)16-7-4-10-28-23(16)24(18)31/h1-12,22,31H,13H2,(H,29,30). The van der Waals surface area contributed by atoms with E-state index < -0.39 is 17.8 Å². The summed E-state index contributed by atoms with van der Waals surface area (Å²) in [5, 5.41) is 14.7. The molecule has 4 rings (SSSR count). The Morgan fingerprint density at radius 1 is 1.03 bits per heavy atom. The number of phenols is 1. The fourth-order valence-electron chi connectivity index (χ4n) is 3.35. The molecule has 1 aromatic heterocycles. The first-order valence-corrected chi connectivity index (χ1v) is 10.4. The Hall–Kier alpha value is -3.35. The molecular formula is C24H17Cl2FN2O3. The highest BCUT2D eigenvalue weighted by molar-refractivity contribution is 6.35. The number of amides is 1. The van der Waals surface area contributed by atoms with Gasteiger partial charge in [0.25, 0.3) is 5.91 Å². The summed E-state index contributed by atoms with van der Waals surface area (Å²) in [6, 6.07) is 16.7. The van der Waals surface area contributed by atoms with Crippen LogP contribution in [0.4, 0.5) is 4.39 Å². The van der Waals surface area contributed by atoms with E-state index in [9.17, 15) is 14.3 Å². The number of carbonyl (C=O) groups excluding carboxylic acids is 1. The Morgan fingerprint density at radius 3 is 2.56 bits per heavy atom. The number of pyridine rings is 1. The summed E-state index contributed by atoms with van der Waals surface area (Å²) in [6.45, 7) is -0.278. The number of nitrogens with one attached hydrogen (secondary N) is 1. The van der Waals surface area contributed by atoms with E-state index >= 15 is 0 Å². The normalized spacial score (nSPS) is 11.8. The lowest BCUT2D eigenvalue weighted by atomic mass is 9.96. The van der Waals surface area contributed by atoms with Crippen LogP contribution in [0.15, 0.2) is 72.9 Å². The van der Waals surface area contributed by atoms with Crippen molar-refractivity contribution in [2.24, 2.45) is 0 Å². The van der Waals surface area contributed by atoms with Gasteiger partial charge in [-0.15, -0.1) is 0 Å². The summed E-state index contributed by atoms with van der Waals surface area (Å²) >= 11 is 12.7. The Morgan fingerprint density at radius 2 is 1.81 bits per heavy atom. The summed E-state index contributed by atoms with van der Waals surface area (Å²) in [7, 11) is 0. The SMILES string of the molecule is O=C(COc1ccccc1)NC(c1ccc(F)cc1Cl)c1cc(Cl)c2cccnc2c1O. The zero-order valence-electron chi connectivity index (χ0n) is 16.6. The summed E-state index contributed by atoms with van der Waals surface area (Å²) in [4.78, 5) is 16.9. The number of ether oxygens (including phenoxy) is 1. The second-order valence-corrected chi connectivity index (χ2v) is 7.78. The van der Waals surface area contributed by atoms with Crippen LogP contribution in [0.3, 0.4) is 0 Å². The number of para-hydroxylation sites is 1. The number of hydrogen-bond acceptors (Lipinski definition) is 4. The van der Waals surface area contributed by atoms with Crippen molar-refractivity contribution < 1.29 is 19.0 Å². The molecule has 1 atom stereocenters.